The van der Waals surface area contributed by atoms with E-state index in [1.807, 2.05) is 20.0 Å². The van der Waals surface area contributed by atoms with Crippen molar-refractivity contribution >= 4 is 16.9 Å². The van der Waals surface area contributed by atoms with Crippen LogP contribution in [0.2, 0.25) is 0 Å². The summed E-state index contributed by atoms with van der Waals surface area (Å²) in [6, 6.07) is 1.83. The Morgan fingerprint density at radius 3 is 3.00 bits per heavy atom. The third-order valence-electron chi connectivity index (χ3n) is 3.56. The van der Waals surface area contributed by atoms with E-state index in [1.165, 1.54) is 0 Å². The highest BCUT2D eigenvalue weighted by Crippen LogP contribution is 2.19. The van der Waals surface area contributed by atoms with E-state index in [4.69, 9.17) is 0 Å². The Morgan fingerprint density at radius 1 is 1.53 bits per heavy atom. The molecule has 1 fully saturated rings. The van der Waals surface area contributed by atoms with Gasteiger partial charge in [0.15, 0.2) is 5.65 Å². The molecule has 1 aliphatic rings. The first-order valence-corrected chi connectivity index (χ1v) is 6.33. The molecule has 0 unspecified atom stereocenters. The van der Waals surface area contributed by atoms with Crippen LogP contribution in [-0.4, -0.2) is 49.9 Å². The van der Waals surface area contributed by atoms with Crippen LogP contribution in [0.5, 0.6) is 0 Å². The largest absolute Gasteiger partial charge is 0.391 e. The van der Waals surface area contributed by atoms with E-state index in [2.05, 4.69) is 10.1 Å². The number of aliphatic hydroxyl groups is 1. The van der Waals surface area contributed by atoms with Crippen LogP contribution in [0.15, 0.2) is 12.3 Å². The lowest BCUT2D eigenvalue weighted by Gasteiger charge is -2.15. The van der Waals surface area contributed by atoms with Gasteiger partial charge in [-0.2, -0.15) is 5.10 Å². The fourth-order valence-corrected chi connectivity index (χ4v) is 2.53. The molecular weight excluding hydrogens is 244 g/mol. The van der Waals surface area contributed by atoms with E-state index in [9.17, 15) is 9.90 Å². The number of β-amino-alcohol motifs (C(OH)–C–C–N with tert-alkyl or cyclic N) is 1. The number of aromatic nitrogens is 3. The van der Waals surface area contributed by atoms with Crippen molar-refractivity contribution in [1.82, 2.24) is 19.7 Å². The second-order valence-corrected chi connectivity index (χ2v) is 5.00. The van der Waals surface area contributed by atoms with Gasteiger partial charge in [0, 0.05) is 31.7 Å². The Hall–Kier alpha value is -1.95. The summed E-state index contributed by atoms with van der Waals surface area (Å²) in [5.41, 5.74) is 2.19. The van der Waals surface area contributed by atoms with Crippen LogP contribution in [0.3, 0.4) is 0 Å². The third kappa shape index (κ3) is 1.98. The topological polar surface area (TPSA) is 71.2 Å². The molecule has 19 heavy (non-hydrogen) atoms. The number of carbonyl (C=O) groups excluding carboxylic acids is 1. The molecule has 1 saturated heterocycles. The lowest BCUT2D eigenvalue weighted by Crippen LogP contribution is -2.29. The van der Waals surface area contributed by atoms with Crippen LogP contribution < -0.4 is 0 Å². The number of nitrogens with zero attached hydrogens (tertiary/aromatic N) is 4. The quantitative estimate of drug-likeness (QED) is 0.809. The van der Waals surface area contributed by atoms with E-state index in [0.717, 1.165) is 16.7 Å². The van der Waals surface area contributed by atoms with Gasteiger partial charge < -0.3 is 10.0 Å². The first-order valence-electron chi connectivity index (χ1n) is 6.33. The van der Waals surface area contributed by atoms with Crippen molar-refractivity contribution in [2.75, 3.05) is 13.1 Å². The van der Waals surface area contributed by atoms with Gasteiger partial charge in [-0.05, 0) is 19.4 Å². The summed E-state index contributed by atoms with van der Waals surface area (Å²) in [4.78, 5) is 18.3. The minimum atomic E-state index is -0.402. The molecule has 3 heterocycles. The Kier molecular flexibility index (Phi) is 2.74. The van der Waals surface area contributed by atoms with Gasteiger partial charge in [0.25, 0.3) is 5.91 Å². The highest BCUT2D eigenvalue weighted by atomic mass is 16.3. The van der Waals surface area contributed by atoms with E-state index in [1.54, 1.807) is 15.8 Å². The zero-order valence-electron chi connectivity index (χ0n) is 11.0. The molecule has 2 aromatic rings. The smallest absolute Gasteiger partial charge is 0.255 e. The minimum Gasteiger partial charge on any atom is -0.391 e. The first-order chi connectivity index (χ1) is 9.06. The maximum Gasteiger partial charge on any atom is 0.255 e. The van der Waals surface area contributed by atoms with Crippen molar-refractivity contribution in [3.63, 3.8) is 0 Å². The van der Waals surface area contributed by atoms with E-state index in [-0.39, 0.29) is 5.91 Å². The second kappa shape index (κ2) is 4.31. The predicted molar refractivity (Wildman–Crippen MR) is 69.8 cm³/mol. The molecule has 1 aliphatic heterocycles. The summed E-state index contributed by atoms with van der Waals surface area (Å²) < 4.78 is 1.71. The summed E-state index contributed by atoms with van der Waals surface area (Å²) in [6.45, 7) is 2.91. The number of aliphatic hydroxyl groups excluding tert-OH is 1. The number of likely N-dealkylation sites (tertiary alicyclic amines) is 1. The molecule has 0 saturated carbocycles. The summed E-state index contributed by atoms with van der Waals surface area (Å²) in [5.74, 6) is -0.0748. The molecule has 2 aromatic heterocycles. The molecule has 3 rings (SSSR count). The van der Waals surface area contributed by atoms with Gasteiger partial charge >= 0.3 is 0 Å². The molecule has 1 amide bonds. The highest BCUT2D eigenvalue weighted by molar-refractivity contribution is 5.97. The van der Waals surface area contributed by atoms with Crippen molar-refractivity contribution in [2.45, 2.75) is 19.4 Å². The molecule has 1 atom stereocenters. The maximum atomic E-state index is 12.3. The van der Waals surface area contributed by atoms with Gasteiger partial charge in [-0.25, -0.2) is 4.98 Å². The van der Waals surface area contributed by atoms with E-state index < -0.39 is 6.10 Å². The summed E-state index contributed by atoms with van der Waals surface area (Å²) >= 11 is 0. The Bertz CT molecular complexity index is 649. The number of amides is 1. The summed E-state index contributed by atoms with van der Waals surface area (Å²) in [5, 5.41) is 14.7. The molecule has 100 valence electrons. The number of hydrogen-bond acceptors (Lipinski definition) is 4. The molecular formula is C13H16N4O2. The zero-order valence-corrected chi connectivity index (χ0v) is 11.0. The average molecular weight is 260 g/mol. The highest BCUT2D eigenvalue weighted by Gasteiger charge is 2.26. The number of aryl methyl sites for hydroxylation is 2. The normalized spacial score (nSPS) is 19.3. The fraction of sp³-hybridized carbons (Fsp3) is 0.462. The van der Waals surface area contributed by atoms with Crippen LogP contribution >= 0.6 is 0 Å². The Balaban J connectivity index is 1.97. The molecule has 0 bridgehead atoms. The fourth-order valence-electron chi connectivity index (χ4n) is 2.53. The Morgan fingerprint density at radius 2 is 2.32 bits per heavy atom. The van der Waals surface area contributed by atoms with Gasteiger partial charge in [0.1, 0.15) is 0 Å². The van der Waals surface area contributed by atoms with Gasteiger partial charge in [-0.15, -0.1) is 0 Å². The third-order valence-corrected chi connectivity index (χ3v) is 3.56. The number of carbonyl (C=O) groups is 1. The lowest BCUT2D eigenvalue weighted by molar-refractivity contribution is 0.0765. The van der Waals surface area contributed by atoms with Crippen LogP contribution in [0.1, 0.15) is 22.5 Å². The van der Waals surface area contributed by atoms with Gasteiger partial charge in [0.2, 0.25) is 0 Å². The van der Waals surface area contributed by atoms with Crippen molar-refractivity contribution in [3.05, 3.63) is 23.5 Å². The average Bonchev–Trinajstić information content (AvgIpc) is 2.94. The zero-order chi connectivity index (χ0) is 13.6. The number of rotatable bonds is 1. The van der Waals surface area contributed by atoms with Gasteiger partial charge in [0.05, 0.1) is 17.4 Å². The van der Waals surface area contributed by atoms with E-state index in [0.29, 0.717) is 25.1 Å². The molecule has 0 aromatic carbocycles. The standard InChI is InChI=1S/C13H16N4O2/c1-8-11-5-9(6-14-12(11)16(2)15-8)13(19)17-4-3-10(18)7-17/h5-6,10,18H,3-4,7H2,1-2H3/t10-/m1/s1. The first kappa shape index (κ1) is 12.1. The van der Waals surface area contributed by atoms with E-state index >= 15 is 0 Å². The Labute approximate surface area is 110 Å². The predicted octanol–water partition coefficient (Wildman–Crippen LogP) is 0.484. The van der Waals surface area contributed by atoms with Crippen LogP contribution in [0.25, 0.3) is 11.0 Å². The summed E-state index contributed by atoms with van der Waals surface area (Å²) in [6.07, 6.45) is 1.82. The molecule has 6 heteroatoms. The monoisotopic (exact) mass is 260 g/mol. The number of fused-ring (bicyclic) bond motifs is 1. The maximum absolute atomic E-state index is 12.3. The van der Waals surface area contributed by atoms with Crippen LogP contribution in [-0.2, 0) is 7.05 Å². The van der Waals surface area contributed by atoms with Crippen molar-refractivity contribution < 1.29 is 9.90 Å². The number of hydrogen-bond donors (Lipinski definition) is 1. The van der Waals surface area contributed by atoms with Crippen molar-refractivity contribution in [1.29, 1.82) is 0 Å². The number of pyridine rings is 1. The lowest BCUT2D eigenvalue weighted by atomic mass is 10.2. The molecule has 1 N–H and O–H groups in total. The molecule has 6 nitrogen and oxygen atoms in total. The molecule has 0 radical (unpaired) electrons. The molecule has 0 spiro atoms. The molecule has 0 aliphatic carbocycles. The second-order valence-electron chi connectivity index (χ2n) is 5.00. The van der Waals surface area contributed by atoms with Crippen molar-refractivity contribution in [2.24, 2.45) is 7.05 Å². The van der Waals surface area contributed by atoms with Gasteiger partial charge in [-0.3, -0.25) is 9.48 Å². The van der Waals surface area contributed by atoms with Gasteiger partial charge in [-0.1, -0.05) is 0 Å². The van der Waals surface area contributed by atoms with Crippen LogP contribution in [0, 0.1) is 6.92 Å². The van der Waals surface area contributed by atoms with Crippen molar-refractivity contribution in [3.8, 4) is 0 Å². The summed E-state index contributed by atoms with van der Waals surface area (Å²) in [7, 11) is 1.83. The minimum absolute atomic E-state index is 0.0748. The van der Waals surface area contributed by atoms with Crippen LogP contribution in [0.4, 0.5) is 0 Å². The SMILES string of the molecule is Cc1nn(C)c2ncc(C(=O)N3CC[C@@H](O)C3)cc12.